The highest BCUT2D eigenvalue weighted by atomic mass is 16.5. The van der Waals surface area contributed by atoms with Crippen LogP contribution in [-0.2, 0) is 4.79 Å². The minimum Gasteiger partial charge on any atom is -0.492 e. The molecule has 0 atom stereocenters. The Morgan fingerprint density at radius 1 is 1.09 bits per heavy atom. The fraction of sp³-hybridized carbons (Fsp3) is 0.222. The molecular formula is C18H20N2O3. The van der Waals surface area contributed by atoms with Crippen molar-refractivity contribution in [2.24, 2.45) is 0 Å². The zero-order valence-electron chi connectivity index (χ0n) is 13.3. The van der Waals surface area contributed by atoms with Crippen molar-refractivity contribution < 1.29 is 14.3 Å². The summed E-state index contributed by atoms with van der Waals surface area (Å²) in [5.74, 6) is 0.0217. The van der Waals surface area contributed by atoms with Crippen LogP contribution in [0.2, 0.25) is 0 Å². The normalized spacial score (nSPS) is 10.0. The molecule has 0 aromatic heterocycles. The van der Waals surface area contributed by atoms with E-state index in [4.69, 9.17) is 4.74 Å². The van der Waals surface area contributed by atoms with Crippen LogP contribution in [0.5, 0.6) is 5.75 Å². The third-order valence-electron chi connectivity index (χ3n) is 3.15. The molecular weight excluding hydrogens is 292 g/mol. The van der Waals surface area contributed by atoms with Gasteiger partial charge in [-0.2, -0.15) is 0 Å². The smallest absolute Gasteiger partial charge is 0.251 e. The summed E-state index contributed by atoms with van der Waals surface area (Å²) in [4.78, 5) is 24.0. The second-order valence-electron chi connectivity index (χ2n) is 5.03. The molecule has 0 spiro atoms. The first kappa shape index (κ1) is 16.5. The van der Waals surface area contributed by atoms with Crippen LogP contribution in [0, 0.1) is 6.92 Å². The minimum atomic E-state index is -0.307. The van der Waals surface area contributed by atoms with Crippen molar-refractivity contribution in [1.29, 1.82) is 0 Å². The third kappa shape index (κ3) is 4.85. The molecule has 0 aliphatic heterocycles. The average Bonchev–Trinajstić information content (AvgIpc) is 2.54. The van der Waals surface area contributed by atoms with Crippen LogP contribution < -0.4 is 15.4 Å². The predicted molar refractivity (Wildman–Crippen MR) is 89.8 cm³/mol. The van der Waals surface area contributed by atoms with E-state index in [2.05, 4.69) is 10.6 Å². The number of nitrogens with one attached hydrogen (secondary N) is 2. The van der Waals surface area contributed by atoms with Crippen molar-refractivity contribution in [2.75, 3.05) is 18.5 Å². The SMILES string of the molecule is CCOc1ccccc1NC(=O)CNC(=O)c1cccc(C)c1. The summed E-state index contributed by atoms with van der Waals surface area (Å²) in [5.41, 5.74) is 2.12. The van der Waals surface area contributed by atoms with Gasteiger partial charge >= 0.3 is 0 Å². The Bertz CT molecular complexity index is 698. The molecule has 2 aromatic rings. The second-order valence-corrected chi connectivity index (χ2v) is 5.03. The van der Waals surface area contributed by atoms with Gasteiger partial charge in [-0.15, -0.1) is 0 Å². The summed E-state index contributed by atoms with van der Waals surface area (Å²) in [6, 6.07) is 14.4. The molecule has 0 aliphatic rings. The minimum absolute atomic E-state index is 0.104. The Hall–Kier alpha value is -2.82. The molecule has 0 saturated carbocycles. The number of aryl methyl sites for hydroxylation is 1. The van der Waals surface area contributed by atoms with Crippen LogP contribution in [0.15, 0.2) is 48.5 Å². The van der Waals surface area contributed by atoms with Crippen LogP contribution in [0.3, 0.4) is 0 Å². The van der Waals surface area contributed by atoms with Gasteiger partial charge in [0.1, 0.15) is 5.75 Å². The molecule has 2 N–H and O–H groups in total. The van der Waals surface area contributed by atoms with Gasteiger partial charge in [0, 0.05) is 5.56 Å². The number of amides is 2. The van der Waals surface area contributed by atoms with Gasteiger partial charge in [0.25, 0.3) is 5.91 Å². The quantitative estimate of drug-likeness (QED) is 0.862. The summed E-state index contributed by atoms with van der Waals surface area (Å²) < 4.78 is 5.44. The van der Waals surface area contributed by atoms with Gasteiger partial charge in [-0.1, -0.05) is 29.8 Å². The largest absolute Gasteiger partial charge is 0.492 e. The number of carbonyl (C=O) groups is 2. The van der Waals surface area contributed by atoms with Crippen LogP contribution in [0.25, 0.3) is 0 Å². The lowest BCUT2D eigenvalue weighted by molar-refractivity contribution is -0.115. The maximum absolute atomic E-state index is 12.0. The zero-order valence-corrected chi connectivity index (χ0v) is 13.3. The molecule has 23 heavy (non-hydrogen) atoms. The number of carbonyl (C=O) groups excluding carboxylic acids is 2. The van der Waals surface area contributed by atoms with Crippen molar-refractivity contribution in [2.45, 2.75) is 13.8 Å². The lowest BCUT2D eigenvalue weighted by atomic mass is 10.1. The number of rotatable bonds is 6. The summed E-state index contributed by atoms with van der Waals surface area (Å²) in [5, 5.41) is 5.34. The molecule has 2 aromatic carbocycles. The summed E-state index contributed by atoms with van der Waals surface area (Å²) >= 11 is 0. The van der Waals surface area contributed by atoms with Crippen molar-refractivity contribution in [3.63, 3.8) is 0 Å². The van der Waals surface area contributed by atoms with E-state index in [9.17, 15) is 9.59 Å². The van der Waals surface area contributed by atoms with E-state index < -0.39 is 0 Å². The molecule has 0 aliphatic carbocycles. The van der Waals surface area contributed by atoms with E-state index in [1.165, 1.54) is 0 Å². The van der Waals surface area contributed by atoms with E-state index in [-0.39, 0.29) is 18.4 Å². The monoisotopic (exact) mass is 312 g/mol. The highest BCUT2D eigenvalue weighted by molar-refractivity contribution is 5.99. The van der Waals surface area contributed by atoms with Crippen LogP contribution in [0.1, 0.15) is 22.8 Å². The zero-order chi connectivity index (χ0) is 16.7. The lowest BCUT2D eigenvalue weighted by Gasteiger charge is -2.11. The van der Waals surface area contributed by atoms with Gasteiger partial charge in [-0.25, -0.2) is 0 Å². The summed E-state index contributed by atoms with van der Waals surface area (Å²) in [6.07, 6.45) is 0. The van der Waals surface area contributed by atoms with E-state index >= 15 is 0 Å². The van der Waals surface area contributed by atoms with Gasteiger partial charge in [0.05, 0.1) is 18.8 Å². The number of para-hydroxylation sites is 2. The number of ether oxygens (including phenoxy) is 1. The first-order chi connectivity index (χ1) is 11.1. The predicted octanol–water partition coefficient (Wildman–Crippen LogP) is 2.76. The van der Waals surface area contributed by atoms with E-state index in [1.54, 1.807) is 24.3 Å². The van der Waals surface area contributed by atoms with Crippen LogP contribution >= 0.6 is 0 Å². The van der Waals surface area contributed by atoms with Crippen molar-refractivity contribution >= 4 is 17.5 Å². The first-order valence-corrected chi connectivity index (χ1v) is 7.46. The molecule has 120 valence electrons. The Kier molecular flexibility index (Phi) is 5.74. The highest BCUT2D eigenvalue weighted by Gasteiger charge is 2.10. The number of anilines is 1. The fourth-order valence-corrected chi connectivity index (χ4v) is 2.09. The molecule has 5 heteroatoms. The van der Waals surface area contributed by atoms with Gasteiger partial charge in [0.15, 0.2) is 0 Å². The standard InChI is InChI=1S/C18H20N2O3/c1-3-23-16-10-5-4-9-15(16)20-17(21)12-19-18(22)14-8-6-7-13(2)11-14/h4-11H,3,12H2,1-2H3,(H,19,22)(H,20,21). The maximum atomic E-state index is 12.0. The van der Waals surface area contributed by atoms with Gasteiger partial charge in [-0.05, 0) is 38.1 Å². The number of hydrogen-bond donors (Lipinski definition) is 2. The van der Waals surface area contributed by atoms with E-state index in [0.717, 1.165) is 5.56 Å². The Morgan fingerprint density at radius 3 is 2.61 bits per heavy atom. The van der Waals surface area contributed by atoms with Crippen molar-refractivity contribution in [1.82, 2.24) is 5.32 Å². The van der Waals surface area contributed by atoms with Crippen LogP contribution in [0.4, 0.5) is 5.69 Å². The average molecular weight is 312 g/mol. The van der Waals surface area contributed by atoms with E-state index in [0.29, 0.717) is 23.6 Å². The first-order valence-electron chi connectivity index (χ1n) is 7.46. The molecule has 0 radical (unpaired) electrons. The Morgan fingerprint density at radius 2 is 1.87 bits per heavy atom. The number of hydrogen-bond acceptors (Lipinski definition) is 3. The van der Waals surface area contributed by atoms with Gasteiger partial charge in [-0.3, -0.25) is 9.59 Å². The summed E-state index contributed by atoms with van der Waals surface area (Å²) in [7, 11) is 0. The molecule has 0 bridgehead atoms. The van der Waals surface area contributed by atoms with E-state index in [1.807, 2.05) is 38.1 Å². The molecule has 0 unspecified atom stereocenters. The second kappa shape index (κ2) is 7.98. The summed E-state index contributed by atoms with van der Waals surface area (Å²) in [6.45, 7) is 4.19. The molecule has 0 saturated heterocycles. The highest BCUT2D eigenvalue weighted by Crippen LogP contribution is 2.23. The molecule has 2 rings (SSSR count). The molecule has 0 heterocycles. The maximum Gasteiger partial charge on any atom is 0.251 e. The topological polar surface area (TPSA) is 67.4 Å². The lowest BCUT2D eigenvalue weighted by Crippen LogP contribution is -2.32. The molecule has 2 amide bonds. The van der Waals surface area contributed by atoms with Crippen LogP contribution in [-0.4, -0.2) is 25.0 Å². The van der Waals surface area contributed by atoms with Crippen molar-refractivity contribution in [3.05, 3.63) is 59.7 Å². The molecule has 0 fully saturated rings. The van der Waals surface area contributed by atoms with Gasteiger partial charge < -0.3 is 15.4 Å². The molecule has 5 nitrogen and oxygen atoms in total. The van der Waals surface area contributed by atoms with Gasteiger partial charge in [0.2, 0.25) is 5.91 Å². The Balaban J connectivity index is 1.92. The third-order valence-corrected chi connectivity index (χ3v) is 3.15. The Labute approximate surface area is 135 Å². The van der Waals surface area contributed by atoms with Crippen molar-refractivity contribution in [3.8, 4) is 5.75 Å². The number of benzene rings is 2. The fourth-order valence-electron chi connectivity index (χ4n) is 2.09.